The van der Waals surface area contributed by atoms with Crippen molar-refractivity contribution in [3.8, 4) is 0 Å². The summed E-state index contributed by atoms with van der Waals surface area (Å²) in [5.41, 5.74) is 0.212. The number of amides is 1. The van der Waals surface area contributed by atoms with Gasteiger partial charge in [-0.1, -0.05) is 32.4 Å². The maximum atomic E-state index is 13.5. The van der Waals surface area contributed by atoms with Gasteiger partial charge in [-0.05, 0) is 60.9 Å². The summed E-state index contributed by atoms with van der Waals surface area (Å²) in [5.74, 6) is -0.0850. The van der Waals surface area contributed by atoms with E-state index in [0.29, 0.717) is 27.7 Å². The summed E-state index contributed by atoms with van der Waals surface area (Å²) in [6.07, 6.45) is 0. The third-order valence-corrected chi connectivity index (χ3v) is 7.18. The Labute approximate surface area is 228 Å². The van der Waals surface area contributed by atoms with Crippen molar-refractivity contribution >= 4 is 46.2 Å². The van der Waals surface area contributed by atoms with Gasteiger partial charge in [-0.2, -0.15) is 0 Å². The van der Waals surface area contributed by atoms with Crippen molar-refractivity contribution in [2.45, 2.75) is 40.3 Å². The molecule has 3 aromatic carbocycles. The molecule has 4 aromatic rings. The van der Waals surface area contributed by atoms with Crippen LogP contribution in [0.2, 0.25) is 5.02 Å². The number of aromatic carboxylic acids is 1. The molecule has 5 rings (SSSR count). The monoisotopic (exact) mass is 547 g/mol. The fourth-order valence-corrected chi connectivity index (χ4v) is 4.95. The maximum absolute atomic E-state index is 13.5. The van der Waals surface area contributed by atoms with Gasteiger partial charge in [-0.3, -0.25) is 14.4 Å². The lowest BCUT2D eigenvalue weighted by Gasteiger charge is -2.31. The van der Waals surface area contributed by atoms with E-state index in [1.807, 2.05) is 39.8 Å². The van der Waals surface area contributed by atoms with Gasteiger partial charge in [0.05, 0.1) is 29.4 Å². The molecule has 200 valence electrons. The Bertz CT molecular complexity index is 1690. The summed E-state index contributed by atoms with van der Waals surface area (Å²) in [6.45, 7) is 7.96. The zero-order valence-corrected chi connectivity index (χ0v) is 22.5. The third kappa shape index (κ3) is 4.59. The van der Waals surface area contributed by atoms with E-state index < -0.39 is 22.9 Å². The van der Waals surface area contributed by atoms with E-state index in [9.17, 15) is 24.3 Å². The highest BCUT2D eigenvalue weighted by Crippen LogP contribution is 2.40. The first kappa shape index (κ1) is 26.2. The Morgan fingerprint density at radius 1 is 1.00 bits per heavy atom. The molecule has 1 aliphatic rings. The predicted octanol–water partition coefficient (Wildman–Crippen LogP) is 5.64. The number of hydrogen-bond donors (Lipinski definition) is 3. The number of nitrogens with zero attached hydrogens (tertiary/aromatic N) is 1. The first-order chi connectivity index (χ1) is 18.4. The van der Waals surface area contributed by atoms with E-state index >= 15 is 0 Å². The minimum atomic E-state index is -1.07. The van der Waals surface area contributed by atoms with Gasteiger partial charge in [0, 0.05) is 16.3 Å². The molecular formula is C29H26ClN3O6. The molecule has 0 saturated heterocycles. The van der Waals surface area contributed by atoms with E-state index in [-0.39, 0.29) is 40.4 Å². The number of benzene rings is 2. The molecule has 0 aliphatic carbocycles. The zero-order valence-electron chi connectivity index (χ0n) is 21.7. The average Bonchev–Trinajstić information content (AvgIpc) is 3.47. The van der Waals surface area contributed by atoms with E-state index in [2.05, 4.69) is 10.6 Å². The standard InChI is InChI=1S/C29H26ClN3O6/c1-14-5-12-20(39-14)26(29(2,3)4)32-23-22(24(34)25(23)35)31-19-11-10-18(30)17-13-33(27(36)21(17)19)16-8-6-15(7-9-16)28(37)38/h5-12,26,31-32H,13H2,1-4H3,(H,37,38)/t26-/m0/s1. The van der Waals surface area contributed by atoms with Crippen LogP contribution >= 0.6 is 11.6 Å². The number of aryl methyl sites for hydroxylation is 1. The van der Waals surface area contributed by atoms with E-state index in [1.165, 1.54) is 17.0 Å². The lowest BCUT2D eigenvalue weighted by Crippen LogP contribution is -2.39. The minimum Gasteiger partial charge on any atom is -0.478 e. The van der Waals surface area contributed by atoms with Crippen LogP contribution in [0.1, 0.15) is 64.6 Å². The summed E-state index contributed by atoms with van der Waals surface area (Å²) in [6, 6.07) is 12.4. The number of furan rings is 1. The van der Waals surface area contributed by atoms with E-state index in [0.717, 1.165) is 5.76 Å². The van der Waals surface area contributed by atoms with Gasteiger partial charge in [-0.25, -0.2) is 4.79 Å². The normalized spacial score (nSPS) is 14.0. The number of hydrogen-bond acceptors (Lipinski definition) is 7. The van der Waals surface area contributed by atoms with Crippen molar-refractivity contribution in [3.05, 3.63) is 102 Å². The Kier molecular flexibility index (Phi) is 6.34. The smallest absolute Gasteiger partial charge is 0.335 e. The number of carbonyl (C=O) groups excluding carboxylic acids is 1. The van der Waals surface area contributed by atoms with Crippen LogP contribution in [0.5, 0.6) is 0 Å². The molecule has 0 bridgehead atoms. The quantitative estimate of drug-likeness (QED) is 0.254. The SMILES string of the molecule is Cc1ccc([C@H](Nc2c(Nc3ccc(Cl)c4c3C(=O)N(c3ccc(C(=O)O)cc3)C4)c(=O)c2=O)C(C)(C)C)o1. The van der Waals surface area contributed by atoms with Crippen LogP contribution in [0.15, 0.2) is 62.5 Å². The Balaban J connectivity index is 1.47. The third-order valence-electron chi connectivity index (χ3n) is 6.83. The first-order valence-electron chi connectivity index (χ1n) is 12.3. The molecule has 1 amide bonds. The fourth-order valence-electron chi connectivity index (χ4n) is 4.73. The topological polar surface area (TPSA) is 129 Å². The average molecular weight is 548 g/mol. The fraction of sp³-hybridized carbons (Fsp3) is 0.241. The van der Waals surface area contributed by atoms with Gasteiger partial charge >= 0.3 is 5.97 Å². The molecule has 0 saturated carbocycles. The molecule has 1 aromatic heterocycles. The number of fused-ring (bicyclic) bond motifs is 1. The van der Waals surface area contributed by atoms with Gasteiger partial charge in [0.2, 0.25) is 0 Å². The number of carboxylic acids is 1. The van der Waals surface area contributed by atoms with Crippen LogP contribution in [0.4, 0.5) is 22.7 Å². The molecule has 10 heteroatoms. The first-order valence-corrected chi connectivity index (χ1v) is 12.6. The maximum Gasteiger partial charge on any atom is 0.335 e. The van der Waals surface area contributed by atoms with E-state index in [4.69, 9.17) is 16.0 Å². The van der Waals surface area contributed by atoms with Gasteiger partial charge < -0.3 is 25.1 Å². The summed E-state index contributed by atoms with van der Waals surface area (Å²) in [5, 5.41) is 15.8. The Hall–Kier alpha value is -4.37. The second-order valence-corrected chi connectivity index (χ2v) is 11.0. The number of carboxylic acid groups (broad SMARTS) is 1. The van der Waals surface area contributed by atoms with Crippen molar-refractivity contribution in [1.82, 2.24) is 0 Å². The number of nitrogens with one attached hydrogen (secondary N) is 2. The van der Waals surface area contributed by atoms with Crippen molar-refractivity contribution in [2.24, 2.45) is 5.41 Å². The van der Waals surface area contributed by atoms with Crippen molar-refractivity contribution in [3.63, 3.8) is 0 Å². The van der Waals surface area contributed by atoms with Crippen molar-refractivity contribution in [2.75, 3.05) is 15.5 Å². The number of carbonyl (C=O) groups is 2. The van der Waals surface area contributed by atoms with E-state index in [1.54, 1.807) is 24.3 Å². The molecule has 1 atom stereocenters. The largest absolute Gasteiger partial charge is 0.478 e. The number of rotatable bonds is 7. The molecule has 0 unspecified atom stereocenters. The lowest BCUT2D eigenvalue weighted by molar-refractivity contribution is 0.0696. The molecule has 39 heavy (non-hydrogen) atoms. The number of halogens is 1. The van der Waals surface area contributed by atoms with Crippen molar-refractivity contribution in [1.29, 1.82) is 0 Å². The molecule has 1 aliphatic heterocycles. The van der Waals surface area contributed by atoms with Crippen LogP contribution in [-0.2, 0) is 6.54 Å². The van der Waals surface area contributed by atoms with Crippen LogP contribution in [-0.4, -0.2) is 17.0 Å². The lowest BCUT2D eigenvalue weighted by atomic mass is 9.85. The number of anilines is 4. The molecule has 0 spiro atoms. The van der Waals surface area contributed by atoms with Crippen molar-refractivity contribution < 1.29 is 19.1 Å². The minimum absolute atomic E-state index is 0.0547. The predicted molar refractivity (Wildman–Crippen MR) is 149 cm³/mol. The Morgan fingerprint density at radius 3 is 2.26 bits per heavy atom. The van der Waals surface area contributed by atoms with Crippen LogP contribution in [0.3, 0.4) is 0 Å². The summed E-state index contributed by atoms with van der Waals surface area (Å²) in [7, 11) is 0. The van der Waals surface area contributed by atoms with Gasteiger partial charge in [-0.15, -0.1) is 0 Å². The molecule has 0 radical (unpaired) electrons. The second-order valence-electron chi connectivity index (χ2n) is 10.6. The molecule has 0 fully saturated rings. The molecule has 9 nitrogen and oxygen atoms in total. The molecule has 3 N–H and O–H groups in total. The summed E-state index contributed by atoms with van der Waals surface area (Å²) >= 11 is 6.44. The van der Waals surface area contributed by atoms with Gasteiger partial charge in [0.15, 0.2) is 0 Å². The van der Waals surface area contributed by atoms with Crippen LogP contribution in [0, 0.1) is 12.3 Å². The summed E-state index contributed by atoms with van der Waals surface area (Å²) in [4.78, 5) is 51.5. The molecular weight excluding hydrogens is 522 g/mol. The van der Waals surface area contributed by atoms with Crippen LogP contribution < -0.4 is 26.4 Å². The summed E-state index contributed by atoms with van der Waals surface area (Å²) < 4.78 is 5.82. The zero-order chi connectivity index (χ0) is 28.2. The highest BCUT2D eigenvalue weighted by atomic mass is 35.5. The molecule has 2 heterocycles. The Morgan fingerprint density at radius 2 is 1.67 bits per heavy atom. The second kappa shape index (κ2) is 9.43. The highest BCUT2D eigenvalue weighted by Gasteiger charge is 2.36. The highest BCUT2D eigenvalue weighted by molar-refractivity contribution is 6.33. The van der Waals surface area contributed by atoms with Gasteiger partial charge in [0.1, 0.15) is 22.9 Å². The van der Waals surface area contributed by atoms with Crippen LogP contribution in [0.25, 0.3) is 0 Å². The van der Waals surface area contributed by atoms with Gasteiger partial charge in [0.25, 0.3) is 16.8 Å².